The number of halogens is 1. The predicted molar refractivity (Wildman–Crippen MR) is 62.6 cm³/mol. The molecule has 0 aliphatic rings. The topological polar surface area (TPSA) is 17.1 Å². The maximum atomic E-state index is 11.7. The molecule has 1 rings (SSSR count). The maximum Gasteiger partial charge on any atom is 0.186 e. The summed E-state index contributed by atoms with van der Waals surface area (Å²) >= 11 is 3.37. The summed E-state index contributed by atoms with van der Waals surface area (Å²) in [5.74, 6) is 0.0787. The molecule has 0 N–H and O–H groups in total. The lowest BCUT2D eigenvalue weighted by Gasteiger charge is -2.02. The lowest BCUT2D eigenvalue weighted by atomic mass is 10.0. The number of allylic oxidation sites excluding steroid dienone is 2. The molecule has 0 aliphatic heterocycles. The second kappa shape index (κ2) is 4.56. The molecule has 2 heteroatoms. The number of hydrogen-bond acceptors (Lipinski definition) is 1. The van der Waals surface area contributed by atoms with Gasteiger partial charge in [-0.3, -0.25) is 4.79 Å². The molecule has 0 atom stereocenters. The van der Waals surface area contributed by atoms with Crippen LogP contribution in [0.2, 0.25) is 0 Å². The Hall–Kier alpha value is -0.890. The van der Waals surface area contributed by atoms with Gasteiger partial charge in [-0.25, -0.2) is 0 Å². The molecule has 1 aromatic rings. The van der Waals surface area contributed by atoms with Gasteiger partial charge in [0.25, 0.3) is 0 Å². The summed E-state index contributed by atoms with van der Waals surface area (Å²) < 4.78 is 1.00. The number of benzene rings is 1. The first kappa shape index (κ1) is 11.2. The fraction of sp³-hybridized carbons (Fsp3) is 0.250. The molecule has 74 valence electrons. The van der Waals surface area contributed by atoms with Gasteiger partial charge in [0.2, 0.25) is 0 Å². The van der Waals surface area contributed by atoms with Gasteiger partial charge in [-0.05, 0) is 50.6 Å². The van der Waals surface area contributed by atoms with Gasteiger partial charge >= 0.3 is 0 Å². The van der Waals surface area contributed by atoms with Crippen molar-refractivity contribution in [1.82, 2.24) is 0 Å². The van der Waals surface area contributed by atoms with Crippen LogP contribution in [0.3, 0.4) is 0 Å². The summed E-state index contributed by atoms with van der Waals surface area (Å²) in [7, 11) is 0. The fourth-order valence-electron chi connectivity index (χ4n) is 1.24. The molecule has 0 fully saturated rings. The number of carbonyl (C=O) groups excluding carboxylic acids is 1. The summed E-state index contributed by atoms with van der Waals surface area (Å²) in [5.41, 5.74) is 2.80. The smallest absolute Gasteiger partial charge is 0.186 e. The SMILES string of the molecule is CC(C)=CC(=O)c1ccc(Br)cc1C. The lowest BCUT2D eigenvalue weighted by molar-refractivity contribution is 0.104. The first-order chi connectivity index (χ1) is 6.50. The molecule has 14 heavy (non-hydrogen) atoms. The van der Waals surface area contributed by atoms with Gasteiger partial charge in [-0.2, -0.15) is 0 Å². The van der Waals surface area contributed by atoms with Crippen LogP contribution in [-0.4, -0.2) is 5.78 Å². The number of hydrogen-bond donors (Lipinski definition) is 0. The van der Waals surface area contributed by atoms with Crippen molar-refractivity contribution in [3.05, 3.63) is 45.4 Å². The molecule has 0 heterocycles. The van der Waals surface area contributed by atoms with Crippen molar-refractivity contribution in [2.75, 3.05) is 0 Å². The van der Waals surface area contributed by atoms with E-state index in [-0.39, 0.29) is 5.78 Å². The number of carbonyl (C=O) groups is 1. The summed E-state index contributed by atoms with van der Waals surface area (Å²) in [6, 6.07) is 5.69. The third-order valence-electron chi connectivity index (χ3n) is 1.87. The highest BCUT2D eigenvalue weighted by Crippen LogP contribution is 2.16. The average Bonchev–Trinajstić information content (AvgIpc) is 2.01. The third kappa shape index (κ3) is 2.81. The van der Waals surface area contributed by atoms with Crippen LogP contribution >= 0.6 is 15.9 Å². The Morgan fingerprint density at radius 3 is 2.50 bits per heavy atom. The van der Waals surface area contributed by atoms with Crippen molar-refractivity contribution in [1.29, 1.82) is 0 Å². The van der Waals surface area contributed by atoms with E-state index < -0.39 is 0 Å². The van der Waals surface area contributed by atoms with Crippen LogP contribution < -0.4 is 0 Å². The van der Waals surface area contributed by atoms with E-state index in [1.807, 2.05) is 39.0 Å². The van der Waals surface area contributed by atoms with E-state index >= 15 is 0 Å². The highest BCUT2D eigenvalue weighted by molar-refractivity contribution is 9.10. The highest BCUT2D eigenvalue weighted by atomic mass is 79.9. The van der Waals surface area contributed by atoms with Gasteiger partial charge in [-0.15, -0.1) is 0 Å². The summed E-state index contributed by atoms with van der Waals surface area (Å²) in [4.78, 5) is 11.7. The van der Waals surface area contributed by atoms with Crippen molar-refractivity contribution < 1.29 is 4.79 Å². The number of aryl methyl sites for hydroxylation is 1. The quantitative estimate of drug-likeness (QED) is 0.577. The largest absolute Gasteiger partial charge is 0.289 e. The van der Waals surface area contributed by atoms with Gasteiger partial charge in [-0.1, -0.05) is 21.5 Å². The minimum absolute atomic E-state index is 0.0787. The monoisotopic (exact) mass is 252 g/mol. The van der Waals surface area contributed by atoms with Crippen molar-refractivity contribution in [2.45, 2.75) is 20.8 Å². The first-order valence-corrected chi connectivity index (χ1v) is 5.25. The van der Waals surface area contributed by atoms with E-state index in [9.17, 15) is 4.79 Å². The van der Waals surface area contributed by atoms with Crippen molar-refractivity contribution in [3.8, 4) is 0 Å². The van der Waals surface area contributed by atoms with E-state index in [0.29, 0.717) is 0 Å². The van der Waals surface area contributed by atoms with E-state index in [2.05, 4.69) is 15.9 Å². The molecule has 0 spiro atoms. The predicted octanol–water partition coefficient (Wildman–Crippen LogP) is 3.91. The molecular weight excluding hydrogens is 240 g/mol. The van der Waals surface area contributed by atoms with Crippen LogP contribution in [-0.2, 0) is 0 Å². The van der Waals surface area contributed by atoms with Crippen LogP contribution in [0.25, 0.3) is 0 Å². The third-order valence-corrected chi connectivity index (χ3v) is 2.37. The second-order valence-corrected chi connectivity index (χ2v) is 4.46. The van der Waals surface area contributed by atoms with Gasteiger partial charge in [0.1, 0.15) is 0 Å². The Balaban J connectivity index is 3.08. The van der Waals surface area contributed by atoms with Crippen molar-refractivity contribution in [3.63, 3.8) is 0 Å². The van der Waals surface area contributed by atoms with Gasteiger partial charge in [0.15, 0.2) is 5.78 Å². The summed E-state index contributed by atoms with van der Waals surface area (Å²) in [5, 5.41) is 0. The van der Waals surface area contributed by atoms with E-state index in [1.54, 1.807) is 6.08 Å². The average molecular weight is 253 g/mol. The van der Waals surface area contributed by atoms with Crippen LogP contribution in [0.5, 0.6) is 0 Å². The fourth-order valence-corrected chi connectivity index (χ4v) is 1.72. The van der Waals surface area contributed by atoms with E-state index in [1.165, 1.54) is 0 Å². The molecule has 1 aromatic carbocycles. The highest BCUT2D eigenvalue weighted by Gasteiger charge is 2.05. The minimum Gasteiger partial charge on any atom is -0.289 e. The number of ketones is 1. The Morgan fingerprint density at radius 1 is 1.36 bits per heavy atom. The van der Waals surface area contributed by atoms with Crippen LogP contribution in [0.15, 0.2) is 34.3 Å². The van der Waals surface area contributed by atoms with Crippen molar-refractivity contribution in [2.24, 2.45) is 0 Å². The van der Waals surface area contributed by atoms with E-state index in [4.69, 9.17) is 0 Å². The van der Waals surface area contributed by atoms with Gasteiger partial charge in [0, 0.05) is 10.0 Å². The standard InChI is InChI=1S/C12H13BrO/c1-8(2)6-12(14)11-5-4-10(13)7-9(11)3/h4-7H,1-3H3. The minimum atomic E-state index is 0.0787. The summed E-state index contributed by atoms with van der Waals surface area (Å²) in [6.07, 6.45) is 1.66. The Morgan fingerprint density at radius 2 is 2.00 bits per heavy atom. The summed E-state index contributed by atoms with van der Waals surface area (Å²) in [6.45, 7) is 5.79. The normalized spacial score (nSPS) is 9.71. The van der Waals surface area contributed by atoms with E-state index in [0.717, 1.165) is 21.2 Å². The Bertz CT molecular complexity index is 387. The second-order valence-electron chi connectivity index (χ2n) is 3.55. The molecule has 0 saturated heterocycles. The first-order valence-electron chi connectivity index (χ1n) is 4.46. The van der Waals surface area contributed by atoms with Gasteiger partial charge < -0.3 is 0 Å². The maximum absolute atomic E-state index is 11.7. The molecular formula is C12H13BrO. The Kier molecular flexibility index (Phi) is 3.64. The molecule has 0 aromatic heterocycles. The molecule has 0 radical (unpaired) electrons. The number of rotatable bonds is 2. The van der Waals surface area contributed by atoms with Crippen LogP contribution in [0.4, 0.5) is 0 Å². The zero-order valence-corrected chi connectivity index (χ0v) is 10.2. The van der Waals surface area contributed by atoms with Gasteiger partial charge in [0.05, 0.1) is 0 Å². The lowest BCUT2D eigenvalue weighted by Crippen LogP contribution is -1.98. The zero-order valence-electron chi connectivity index (χ0n) is 8.60. The molecule has 0 bridgehead atoms. The Labute approximate surface area is 93.0 Å². The van der Waals surface area contributed by atoms with Crippen LogP contribution in [0, 0.1) is 6.92 Å². The van der Waals surface area contributed by atoms with Crippen molar-refractivity contribution >= 4 is 21.7 Å². The van der Waals surface area contributed by atoms with Crippen LogP contribution in [0.1, 0.15) is 29.8 Å². The molecule has 0 saturated carbocycles. The molecule has 1 nitrogen and oxygen atoms in total. The molecule has 0 aliphatic carbocycles. The zero-order chi connectivity index (χ0) is 10.7. The molecule has 0 unspecified atom stereocenters. The molecule has 0 amide bonds.